The molecule has 0 fully saturated rings. The molecule has 0 radical (unpaired) electrons. The van der Waals surface area contributed by atoms with Crippen LogP contribution in [0, 0.1) is 13.8 Å². The molecule has 112 valence electrons. The molecule has 1 N–H and O–H groups in total. The van der Waals surface area contributed by atoms with Gasteiger partial charge in [0.2, 0.25) is 0 Å². The van der Waals surface area contributed by atoms with E-state index in [-0.39, 0.29) is 0 Å². The monoisotopic (exact) mass is 301 g/mol. The predicted octanol–water partition coefficient (Wildman–Crippen LogP) is 4.58. The number of aryl methyl sites for hydroxylation is 2. The van der Waals surface area contributed by atoms with Gasteiger partial charge in [0.25, 0.3) is 0 Å². The second-order valence-electron chi connectivity index (χ2n) is 5.87. The molecule has 1 aromatic carbocycles. The summed E-state index contributed by atoms with van der Waals surface area (Å²) in [6.07, 6.45) is 1.10. The van der Waals surface area contributed by atoms with Gasteiger partial charge in [-0.2, -0.15) is 0 Å². The van der Waals surface area contributed by atoms with Gasteiger partial charge in [-0.3, -0.25) is 0 Å². The van der Waals surface area contributed by atoms with E-state index in [0.717, 1.165) is 25.3 Å². The summed E-state index contributed by atoms with van der Waals surface area (Å²) in [5, 5.41) is 3.71. The standard InChI is InChI=1S/C18H23NOS/c1-12-10-17(14(3)21-12)13(2)19-11-15-8-9-20-18-7-5-4-6-16(15)18/h4-7,10,13,15,19H,8-9,11H2,1-3H3. The lowest BCUT2D eigenvalue weighted by Crippen LogP contribution is -2.28. The Morgan fingerprint density at radius 3 is 2.90 bits per heavy atom. The molecule has 0 spiro atoms. The first kappa shape index (κ1) is 14.6. The Balaban J connectivity index is 1.67. The SMILES string of the molecule is Cc1cc(C(C)NCC2CCOc3ccccc32)c(C)s1. The second-order valence-corrected chi connectivity index (χ2v) is 7.33. The lowest BCUT2D eigenvalue weighted by atomic mass is 9.92. The normalized spacial score (nSPS) is 18.9. The first-order chi connectivity index (χ1) is 10.1. The van der Waals surface area contributed by atoms with Crippen molar-refractivity contribution in [2.75, 3.05) is 13.2 Å². The number of benzene rings is 1. The second kappa shape index (κ2) is 6.20. The number of thiophene rings is 1. The van der Waals surface area contributed by atoms with Gasteiger partial charge in [0.15, 0.2) is 0 Å². The number of rotatable bonds is 4. The topological polar surface area (TPSA) is 21.3 Å². The number of hydrogen-bond acceptors (Lipinski definition) is 3. The molecule has 0 aliphatic carbocycles. The Hall–Kier alpha value is -1.32. The van der Waals surface area contributed by atoms with Crippen LogP contribution in [0.25, 0.3) is 0 Å². The quantitative estimate of drug-likeness (QED) is 0.892. The van der Waals surface area contributed by atoms with Gasteiger partial charge in [-0.15, -0.1) is 11.3 Å². The molecule has 0 bridgehead atoms. The maximum atomic E-state index is 5.74. The molecule has 0 saturated carbocycles. The fraction of sp³-hybridized carbons (Fsp3) is 0.444. The van der Waals surface area contributed by atoms with Crippen LogP contribution in [-0.4, -0.2) is 13.2 Å². The summed E-state index contributed by atoms with van der Waals surface area (Å²) in [6, 6.07) is 11.2. The third-order valence-corrected chi connectivity index (χ3v) is 5.28. The third kappa shape index (κ3) is 3.14. The fourth-order valence-electron chi connectivity index (χ4n) is 3.14. The molecular formula is C18H23NOS. The van der Waals surface area contributed by atoms with E-state index in [0.29, 0.717) is 12.0 Å². The lowest BCUT2D eigenvalue weighted by Gasteiger charge is -2.27. The zero-order chi connectivity index (χ0) is 14.8. The molecule has 2 nitrogen and oxygen atoms in total. The molecule has 1 aliphatic rings. The van der Waals surface area contributed by atoms with Crippen LogP contribution in [0.3, 0.4) is 0 Å². The van der Waals surface area contributed by atoms with Crippen molar-refractivity contribution in [2.24, 2.45) is 0 Å². The molecule has 2 atom stereocenters. The molecular weight excluding hydrogens is 278 g/mol. The van der Waals surface area contributed by atoms with Gasteiger partial charge < -0.3 is 10.1 Å². The fourth-order valence-corrected chi connectivity index (χ4v) is 4.16. The molecule has 2 aromatic rings. The zero-order valence-corrected chi connectivity index (χ0v) is 13.8. The summed E-state index contributed by atoms with van der Waals surface area (Å²) >= 11 is 1.89. The Kier molecular flexibility index (Phi) is 4.32. The highest BCUT2D eigenvalue weighted by Gasteiger charge is 2.21. The van der Waals surface area contributed by atoms with E-state index in [4.69, 9.17) is 4.74 Å². The van der Waals surface area contributed by atoms with Crippen molar-refractivity contribution in [1.29, 1.82) is 0 Å². The third-order valence-electron chi connectivity index (χ3n) is 4.30. The summed E-state index contributed by atoms with van der Waals surface area (Å²) in [4.78, 5) is 2.83. The van der Waals surface area contributed by atoms with E-state index in [1.165, 1.54) is 20.9 Å². The predicted molar refractivity (Wildman–Crippen MR) is 89.5 cm³/mol. The molecule has 3 heteroatoms. The van der Waals surface area contributed by atoms with Gasteiger partial charge in [0.1, 0.15) is 5.75 Å². The minimum atomic E-state index is 0.407. The van der Waals surface area contributed by atoms with Crippen molar-refractivity contribution in [1.82, 2.24) is 5.32 Å². The molecule has 2 unspecified atom stereocenters. The average Bonchev–Trinajstić information content (AvgIpc) is 2.83. The van der Waals surface area contributed by atoms with Crippen LogP contribution in [0.5, 0.6) is 5.75 Å². The van der Waals surface area contributed by atoms with Gasteiger partial charge in [0, 0.05) is 28.3 Å². The van der Waals surface area contributed by atoms with Crippen LogP contribution >= 0.6 is 11.3 Å². The first-order valence-electron chi connectivity index (χ1n) is 7.67. The van der Waals surface area contributed by atoms with Gasteiger partial charge in [-0.25, -0.2) is 0 Å². The molecule has 1 aliphatic heterocycles. The van der Waals surface area contributed by atoms with Crippen molar-refractivity contribution in [3.05, 3.63) is 51.2 Å². The van der Waals surface area contributed by atoms with Crippen molar-refractivity contribution in [3.8, 4) is 5.75 Å². The molecule has 3 rings (SSSR count). The largest absolute Gasteiger partial charge is 0.493 e. The summed E-state index contributed by atoms with van der Waals surface area (Å²) in [7, 11) is 0. The molecule has 0 saturated heterocycles. The molecule has 1 aromatic heterocycles. The summed E-state index contributed by atoms with van der Waals surface area (Å²) in [5.74, 6) is 1.61. The maximum absolute atomic E-state index is 5.74. The van der Waals surface area contributed by atoms with Crippen molar-refractivity contribution in [2.45, 2.75) is 39.2 Å². The maximum Gasteiger partial charge on any atom is 0.122 e. The minimum absolute atomic E-state index is 0.407. The van der Waals surface area contributed by atoms with E-state index in [1.807, 2.05) is 11.3 Å². The van der Waals surface area contributed by atoms with Crippen LogP contribution in [0.4, 0.5) is 0 Å². The van der Waals surface area contributed by atoms with Crippen molar-refractivity contribution >= 4 is 11.3 Å². The van der Waals surface area contributed by atoms with Crippen LogP contribution in [0.1, 0.15) is 46.2 Å². The van der Waals surface area contributed by atoms with Crippen LogP contribution in [-0.2, 0) is 0 Å². The van der Waals surface area contributed by atoms with Crippen molar-refractivity contribution in [3.63, 3.8) is 0 Å². The Morgan fingerprint density at radius 1 is 1.33 bits per heavy atom. The smallest absolute Gasteiger partial charge is 0.122 e. The van der Waals surface area contributed by atoms with E-state index in [2.05, 4.69) is 56.4 Å². The van der Waals surface area contributed by atoms with Gasteiger partial charge >= 0.3 is 0 Å². The number of fused-ring (bicyclic) bond motifs is 1. The minimum Gasteiger partial charge on any atom is -0.493 e. The van der Waals surface area contributed by atoms with Crippen molar-refractivity contribution < 1.29 is 4.74 Å². The summed E-state index contributed by atoms with van der Waals surface area (Å²) in [5.41, 5.74) is 2.79. The van der Waals surface area contributed by atoms with Crippen LogP contribution in [0.2, 0.25) is 0 Å². The number of nitrogens with one attached hydrogen (secondary N) is 1. The van der Waals surface area contributed by atoms with Crippen LogP contribution < -0.4 is 10.1 Å². The van der Waals surface area contributed by atoms with E-state index >= 15 is 0 Å². The number of para-hydroxylation sites is 1. The Labute approximate surface area is 131 Å². The highest BCUT2D eigenvalue weighted by Crippen LogP contribution is 2.33. The summed E-state index contributed by atoms with van der Waals surface area (Å²) < 4.78 is 5.74. The molecule has 21 heavy (non-hydrogen) atoms. The van der Waals surface area contributed by atoms with Gasteiger partial charge in [-0.1, -0.05) is 18.2 Å². The summed E-state index contributed by atoms with van der Waals surface area (Å²) in [6.45, 7) is 8.50. The van der Waals surface area contributed by atoms with Gasteiger partial charge in [0.05, 0.1) is 6.61 Å². The lowest BCUT2D eigenvalue weighted by molar-refractivity contribution is 0.263. The van der Waals surface area contributed by atoms with E-state index < -0.39 is 0 Å². The first-order valence-corrected chi connectivity index (χ1v) is 8.49. The average molecular weight is 301 g/mol. The molecule has 0 amide bonds. The number of hydrogen-bond donors (Lipinski definition) is 1. The van der Waals surface area contributed by atoms with E-state index in [9.17, 15) is 0 Å². The highest BCUT2D eigenvalue weighted by atomic mass is 32.1. The van der Waals surface area contributed by atoms with Crippen LogP contribution in [0.15, 0.2) is 30.3 Å². The highest BCUT2D eigenvalue weighted by molar-refractivity contribution is 7.12. The van der Waals surface area contributed by atoms with E-state index in [1.54, 1.807) is 0 Å². The van der Waals surface area contributed by atoms with Gasteiger partial charge in [-0.05, 0) is 50.5 Å². The Morgan fingerprint density at radius 2 is 2.14 bits per heavy atom. The Bertz CT molecular complexity index is 619. The zero-order valence-electron chi connectivity index (χ0n) is 13.0. The number of ether oxygens (including phenoxy) is 1. The molecule has 2 heterocycles.